The van der Waals surface area contributed by atoms with Crippen LogP contribution in [0.1, 0.15) is 12.1 Å². The molecule has 0 aliphatic carbocycles. The largest absolute Gasteiger partial charge is 0.330 e. The van der Waals surface area contributed by atoms with E-state index in [1.807, 2.05) is 47.2 Å². The lowest BCUT2D eigenvalue weighted by molar-refractivity contribution is 0.815. The third-order valence-corrected chi connectivity index (χ3v) is 4.32. The van der Waals surface area contributed by atoms with Crippen LogP contribution in [0.5, 0.6) is 0 Å². The smallest absolute Gasteiger partial charge is 0.213 e. The fourth-order valence-electron chi connectivity index (χ4n) is 2.99. The van der Waals surface area contributed by atoms with E-state index in [4.69, 9.17) is 10.7 Å². The average Bonchev–Trinajstić information content (AvgIpc) is 3.35. The van der Waals surface area contributed by atoms with E-state index >= 15 is 0 Å². The van der Waals surface area contributed by atoms with Crippen LogP contribution in [0.4, 0.5) is 0 Å². The minimum absolute atomic E-state index is 0.671. The Labute approximate surface area is 152 Å². The Kier molecular flexibility index (Phi) is 4.62. The van der Waals surface area contributed by atoms with Crippen LogP contribution in [-0.4, -0.2) is 26.1 Å². The number of aromatic nitrogens is 4. The van der Waals surface area contributed by atoms with E-state index < -0.39 is 0 Å². The molecule has 3 N–H and O–H groups in total. The van der Waals surface area contributed by atoms with Crippen molar-refractivity contribution in [3.8, 4) is 28.5 Å². The predicted molar refractivity (Wildman–Crippen MR) is 104 cm³/mol. The van der Waals surface area contributed by atoms with E-state index in [2.05, 4.69) is 34.2 Å². The lowest BCUT2D eigenvalue weighted by Crippen LogP contribution is -2.00. The van der Waals surface area contributed by atoms with E-state index in [1.165, 1.54) is 0 Å². The van der Waals surface area contributed by atoms with Gasteiger partial charge in [0.2, 0.25) is 5.95 Å². The Morgan fingerprint density at radius 2 is 1.62 bits per heavy atom. The van der Waals surface area contributed by atoms with Gasteiger partial charge >= 0.3 is 0 Å². The molecule has 4 rings (SSSR count). The number of H-pyrrole nitrogens is 1. The maximum atomic E-state index is 5.59. The number of nitrogens with zero attached hydrogens (tertiary/aromatic N) is 3. The van der Waals surface area contributed by atoms with Gasteiger partial charge in [-0.25, -0.2) is 9.97 Å². The molecular weight excluding hydrogens is 322 g/mol. The summed E-state index contributed by atoms with van der Waals surface area (Å²) in [6.45, 7) is 0.671. The molecular formula is C21H21N5. The quantitative estimate of drug-likeness (QED) is 0.559. The first-order valence-corrected chi connectivity index (χ1v) is 8.79. The highest BCUT2D eigenvalue weighted by atomic mass is 15.2. The number of benzene rings is 2. The summed E-state index contributed by atoms with van der Waals surface area (Å²) in [5.41, 5.74) is 10.7. The molecule has 5 heteroatoms. The molecule has 2 aromatic heterocycles. The van der Waals surface area contributed by atoms with Crippen molar-refractivity contribution in [2.45, 2.75) is 12.8 Å². The van der Waals surface area contributed by atoms with Gasteiger partial charge in [-0.15, -0.1) is 0 Å². The maximum absolute atomic E-state index is 5.59. The fourth-order valence-corrected chi connectivity index (χ4v) is 2.99. The summed E-state index contributed by atoms with van der Waals surface area (Å²) >= 11 is 0. The molecule has 0 saturated carbocycles. The van der Waals surface area contributed by atoms with Crippen molar-refractivity contribution in [2.75, 3.05) is 6.54 Å². The second-order valence-corrected chi connectivity index (χ2v) is 6.18. The molecule has 0 spiro atoms. The molecule has 130 valence electrons. The molecule has 0 radical (unpaired) electrons. The van der Waals surface area contributed by atoms with Crippen molar-refractivity contribution >= 4 is 0 Å². The summed E-state index contributed by atoms with van der Waals surface area (Å²) in [5.74, 6) is 0.759. The van der Waals surface area contributed by atoms with Gasteiger partial charge in [-0.2, -0.15) is 0 Å². The predicted octanol–water partition coefficient (Wildman–Crippen LogP) is 3.82. The van der Waals surface area contributed by atoms with Crippen molar-refractivity contribution in [2.24, 2.45) is 5.73 Å². The van der Waals surface area contributed by atoms with Crippen LogP contribution in [0, 0.1) is 0 Å². The number of nitrogens with one attached hydrogen (secondary N) is 1. The molecule has 26 heavy (non-hydrogen) atoms. The normalized spacial score (nSPS) is 11.0. The van der Waals surface area contributed by atoms with E-state index in [1.54, 1.807) is 6.33 Å². The van der Waals surface area contributed by atoms with Crippen LogP contribution in [0.3, 0.4) is 0 Å². The second-order valence-electron chi connectivity index (χ2n) is 6.18. The van der Waals surface area contributed by atoms with E-state index in [9.17, 15) is 0 Å². The van der Waals surface area contributed by atoms with Gasteiger partial charge in [0, 0.05) is 17.3 Å². The number of hydrogen-bond acceptors (Lipinski definition) is 3. The number of aromatic amines is 1. The fraction of sp³-hybridized carbons (Fsp3) is 0.143. The summed E-state index contributed by atoms with van der Waals surface area (Å²) in [4.78, 5) is 12.8. The van der Waals surface area contributed by atoms with Crippen molar-refractivity contribution in [1.82, 2.24) is 19.5 Å². The van der Waals surface area contributed by atoms with Gasteiger partial charge in [-0.05, 0) is 19.4 Å². The van der Waals surface area contributed by atoms with Crippen LogP contribution in [0.2, 0.25) is 0 Å². The molecule has 0 unspecified atom stereocenters. The first-order chi connectivity index (χ1) is 12.8. The maximum Gasteiger partial charge on any atom is 0.213 e. The highest BCUT2D eigenvalue weighted by Gasteiger charge is 2.15. The molecule has 4 aromatic rings. The Morgan fingerprint density at radius 3 is 2.31 bits per heavy atom. The minimum Gasteiger partial charge on any atom is -0.330 e. The van der Waals surface area contributed by atoms with E-state index in [0.717, 1.165) is 47.0 Å². The number of hydrogen-bond donors (Lipinski definition) is 2. The Bertz CT molecular complexity index is 913. The van der Waals surface area contributed by atoms with Gasteiger partial charge < -0.3 is 10.7 Å². The Hall–Kier alpha value is -3.18. The SMILES string of the molecule is NCCCc1cn(-c2nc(-c3ccccc3)c(-c3ccccc3)[nH]2)cn1. The van der Waals surface area contributed by atoms with Gasteiger partial charge in [0.15, 0.2) is 0 Å². The van der Waals surface area contributed by atoms with Crippen molar-refractivity contribution in [3.63, 3.8) is 0 Å². The standard InChI is InChI=1S/C21H21N5/c22-13-7-12-18-14-26(15-23-18)21-24-19(16-8-3-1-4-9-16)20(25-21)17-10-5-2-6-11-17/h1-6,8-11,14-15H,7,12-13,22H2,(H,24,25). The van der Waals surface area contributed by atoms with Gasteiger partial charge in [-0.1, -0.05) is 60.7 Å². The zero-order valence-electron chi connectivity index (χ0n) is 14.5. The summed E-state index contributed by atoms with van der Waals surface area (Å²) < 4.78 is 1.94. The monoisotopic (exact) mass is 343 g/mol. The van der Waals surface area contributed by atoms with Crippen LogP contribution < -0.4 is 5.73 Å². The molecule has 0 amide bonds. The zero-order valence-corrected chi connectivity index (χ0v) is 14.5. The molecule has 0 bridgehead atoms. The first-order valence-electron chi connectivity index (χ1n) is 8.79. The Morgan fingerprint density at radius 1 is 0.923 bits per heavy atom. The molecule has 0 aliphatic rings. The van der Waals surface area contributed by atoms with Gasteiger partial charge in [0.1, 0.15) is 6.33 Å². The van der Waals surface area contributed by atoms with Gasteiger partial charge in [0.25, 0.3) is 0 Å². The number of imidazole rings is 2. The highest BCUT2D eigenvalue weighted by molar-refractivity contribution is 5.79. The molecule has 2 heterocycles. The lowest BCUT2D eigenvalue weighted by Gasteiger charge is -2.02. The summed E-state index contributed by atoms with van der Waals surface area (Å²) in [5, 5.41) is 0. The number of rotatable bonds is 6. The molecule has 5 nitrogen and oxygen atoms in total. The molecule has 0 atom stereocenters. The number of aryl methyl sites for hydroxylation is 1. The zero-order chi connectivity index (χ0) is 17.8. The lowest BCUT2D eigenvalue weighted by atomic mass is 10.1. The van der Waals surface area contributed by atoms with Crippen LogP contribution in [-0.2, 0) is 6.42 Å². The van der Waals surface area contributed by atoms with Gasteiger partial charge in [0.05, 0.1) is 17.1 Å². The van der Waals surface area contributed by atoms with Crippen LogP contribution in [0.25, 0.3) is 28.5 Å². The molecule has 0 fully saturated rings. The van der Waals surface area contributed by atoms with E-state index in [0.29, 0.717) is 6.54 Å². The third-order valence-electron chi connectivity index (χ3n) is 4.32. The van der Waals surface area contributed by atoms with E-state index in [-0.39, 0.29) is 0 Å². The highest BCUT2D eigenvalue weighted by Crippen LogP contribution is 2.30. The van der Waals surface area contributed by atoms with Crippen LogP contribution >= 0.6 is 0 Å². The molecule has 2 aromatic carbocycles. The van der Waals surface area contributed by atoms with Crippen molar-refractivity contribution < 1.29 is 0 Å². The van der Waals surface area contributed by atoms with Crippen molar-refractivity contribution in [1.29, 1.82) is 0 Å². The Balaban J connectivity index is 1.77. The summed E-state index contributed by atoms with van der Waals surface area (Å²) in [6, 6.07) is 20.5. The number of nitrogens with two attached hydrogens (primary N) is 1. The first kappa shape index (κ1) is 16.3. The third kappa shape index (κ3) is 3.30. The molecule has 0 aliphatic heterocycles. The molecule has 0 saturated heterocycles. The van der Waals surface area contributed by atoms with Gasteiger partial charge in [-0.3, -0.25) is 4.57 Å². The van der Waals surface area contributed by atoms with Crippen molar-refractivity contribution in [3.05, 3.63) is 78.9 Å². The van der Waals surface area contributed by atoms with Crippen LogP contribution in [0.15, 0.2) is 73.2 Å². The summed E-state index contributed by atoms with van der Waals surface area (Å²) in [6.07, 6.45) is 5.62. The minimum atomic E-state index is 0.671. The second kappa shape index (κ2) is 7.37. The average molecular weight is 343 g/mol. The summed E-state index contributed by atoms with van der Waals surface area (Å²) in [7, 11) is 0. The topological polar surface area (TPSA) is 72.5 Å².